The van der Waals surface area contributed by atoms with Gasteiger partial charge >= 0.3 is 0 Å². The van der Waals surface area contributed by atoms with Crippen molar-refractivity contribution in [3.05, 3.63) is 53.2 Å². The maximum atomic E-state index is 12.1. The summed E-state index contributed by atoms with van der Waals surface area (Å²) in [5, 5.41) is 12.9. The van der Waals surface area contributed by atoms with E-state index in [9.17, 15) is 10.1 Å². The number of para-hydroxylation sites is 1. The molecule has 1 aromatic carbocycles. The van der Waals surface area contributed by atoms with Gasteiger partial charge in [0.05, 0.1) is 11.3 Å². The number of rotatable bonds is 4. The van der Waals surface area contributed by atoms with E-state index in [0.29, 0.717) is 10.6 Å². The first kappa shape index (κ1) is 16.5. The van der Waals surface area contributed by atoms with Crippen LogP contribution in [-0.2, 0) is 17.8 Å². The van der Waals surface area contributed by atoms with Crippen molar-refractivity contribution in [2.24, 2.45) is 0 Å². The van der Waals surface area contributed by atoms with E-state index in [1.807, 2.05) is 36.4 Å². The van der Waals surface area contributed by atoms with Crippen molar-refractivity contribution in [1.82, 2.24) is 9.88 Å². The second kappa shape index (κ2) is 7.47. The van der Waals surface area contributed by atoms with Gasteiger partial charge in [-0.25, -0.2) is 4.98 Å². The standard InChI is InChI=1S/C18H18N4OS/c1-22-8-7-16-14(11-22)9-13(10-19)18(21-16)24-12-17(23)20-15-5-3-2-4-6-15/h2-6,9H,7-8,11-12H2,1H3,(H,20,23). The fourth-order valence-corrected chi connectivity index (χ4v) is 3.41. The van der Waals surface area contributed by atoms with Crippen molar-refractivity contribution < 1.29 is 4.79 Å². The first-order valence-corrected chi connectivity index (χ1v) is 8.73. The highest BCUT2D eigenvalue weighted by Crippen LogP contribution is 2.26. The van der Waals surface area contributed by atoms with Crippen LogP contribution in [-0.4, -0.2) is 35.1 Å². The molecular formula is C18H18N4OS. The number of nitriles is 1. The van der Waals surface area contributed by atoms with Crippen LogP contribution < -0.4 is 5.32 Å². The molecule has 6 heteroatoms. The summed E-state index contributed by atoms with van der Waals surface area (Å²) < 4.78 is 0. The predicted molar refractivity (Wildman–Crippen MR) is 94.8 cm³/mol. The van der Waals surface area contributed by atoms with Gasteiger partial charge in [0, 0.05) is 30.9 Å². The second-order valence-corrected chi connectivity index (χ2v) is 6.71. The van der Waals surface area contributed by atoms with E-state index in [1.165, 1.54) is 11.8 Å². The molecule has 0 unspecified atom stereocenters. The Kier molecular flexibility index (Phi) is 5.14. The number of nitrogens with zero attached hydrogens (tertiary/aromatic N) is 3. The minimum atomic E-state index is -0.102. The molecule has 0 atom stereocenters. The van der Waals surface area contributed by atoms with Crippen molar-refractivity contribution in [3.63, 3.8) is 0 Å². The van der Waals surface area contributed by atoms with Crippen molar-refractivity contribution >= 4 is 23.4 Å². The summed E-state index contributed by atoms with van der Waals surface area (Å²) >= 11 is 1.31. The molecule has 0 fully saturated rings. The largest absolute Gasteiger partial charge is 0.325 e. The van der Waals surface area contributed by atoms with Crippen LogP contribution in [0.25, 0.3) is 0 Å². The molecule has 0 aliphatic carbocycles. The Morgan fingerprint density at radius 1 is 1.42 bits per heavy atom. The molecule has 1 aromatic heterocycles. The molecule has 0 saturated carbocycles. The minimum Gasteiger partial charge on any atom is -0.325 e. The van der Waals surface area contributed by atoms with Gasteiger partial charge < -0.3 is 10.2 Å². The maximum absolute atomic E-state index is 12.1. The Morgan fingerprint density at radius 3 is 2.96 bits per heavy atom. The minimum absolute atomic E-state index is 0.102. The first-order valence-electron chi connectivity index (χ1n) is 7.75. The van der Waals surface area contributed by atoms with E-state index in [2.05, 4.69) is 28.3 Å². The summed E-state index contributed by atoms with van der Waals surface area (Å²) in [6.07, 6.45) is 0.876. The van der Waals surface area contributed by atoms with E-state index < -0.39 is 0 Å². The summed E-state index contributed by atoms with van der Waals surface area (Å²) in [5.41, 5.74) is 3.46. The predicted octanol–water partition coefficient (Wildman–Crippen LogP) is 2.67. The Labute approximate surface area is 145 Å². The number of carbonyl (C=O) groups excluding carboxylic acids is 1. The molecule has 0 radical (unpaired) electrons. The fraction of sp³-hybridized carbons (Fsp3) is 0.278. The van der Waals surface area contributed by atoms with Gasteiger partial charge in [0.25, 0.3) is 0 Å². The highest BCUT2D eigenvalue weighted by Gasteiger charge is 2.18. The molecule has 0 saturated heterocycles. The quantitative estimate of drug-likeness (QED) is 0.868. The van der Waals surface area contributed by atoms with Gasteiger partial charge in [-0.1, -0.05) is 30.0 Å². The third kappa shape index (κ3) is 3.94. The van der Waals surface area contributed by atoms with Gasteiger partial charge in [-0.3, -0.25) is 4.79 Å². The smallest absolute Gasteiger partial charge is 0.234 e. The number of carbonyl (C=O) groups is 1. The average molecular weight is 338 g/mol. The third-order valence-corrected chi connectivity index (χ3v) is 4.84. The SMILES string of the molecule is CN1CCc2nc(SCC(=O)Nc3ccccc3)c(C#N)cc2C1. The van der Waals surface area contributed by atoms with Gasteiger partial charge in [0.2, 0.25) is 5.91 Å². The molecule has 122 valence electrons. The summed E-state index contributed by atoms with van der Waals surface area (Å²) in [5.74, 6) is 0.129. The summed E-state index contributed by atoms with van der Waals surface area (Å²) in [7, 11) is 2.06. The molecule has 1 aliphatic heterocycles. The first-order chi connectivity index (χ1) is 11.7. The number of amides is 1. The van der Waals surface area contributed by atoms with Crippen LogP contribution in [0.4, 0.5) is 5.69 Å². The molecule has 24 heavy (non-hydrogen) atoms. The monoisotopic (exact) mass is 338 g/mol. The number of hydrogen-bond donors (Lipinski definition) is 1. The molecule has 1 N–H and O–H groups in total. The van der Waals surface area contributed by atoms with Gasteiger partial charge in [0.15, 0.2) is 0 Å². The van der Waals surface area contributed by atoms with Crippen molar-refractivity contribution in [1.29, 1.82) is 5.26 Å². The number of fused-ring (bicyclic) bond motifs is 1. The van der Waals surface area contributed by atoms with Crippen LogP contribution in [0.1, 0.15) is 16.8 Å². The van der Waals surface area contributed by atoms with E-state index in [0.717, 1.165) is 36.5 Å². The van der Waals surface area contributed by atoms with Gasteiger partial charge in [-0.2, -0.15) is 5.26 Å². The zero-order valence-corrected chi connectivity index (χ0v) is 14.3. The topological polar surface area (TPSA) is 69.0 Å². The Hall–Kier alpha value is -2.36. The molecule has 3 rings (SSSR count). The van der Waals surface area contributed by atoms with Crippen LogP contribution in [0.2, 0.25) is 0 Å². The lowest BCUT2D eigenvalue weighted by molar-refractivity contribution is -0.113. The number of thioether (sulfide) groups is 1. The summed E-state index contributed by atoms with van der Waals surface area (Å²) in [6.45, 7) is 1.78. The Morgan fingerprint density at radius 2 is 2.21 bits per heavy atom. The number of likely N-dealkylation sites (N-methyl/N-ethyl adjacent to an activating group) is 1. The zero-order valence-electron chi connectivity index (χ0n) is 13.5. The molecule has 1 amide bonds. The lowest BCUT2D eigenvalue weighted by Crippen LogP contribution is -2.27. The Bertz CT molecular complexity index is 786. The van der Waals surface area contributed by atoms with E-state index >= 15 is 0 Å². The second-order valence-electron chi connectivity index (χ2n) is 5.75. The summed E-state index contributed by atoms with van der Waals surface area (Å²) in [6, 6.07) is 13.4. The molecule has 5 nitrogen and oxygen atoms in total. The lowest BCUT2D eigenvalue weighted by atomic mass is 10.0. The van der Waals surface area contributed by atoms with Gasteiger partial charge in [0.1, 0.15) is 11.1 Å². The maximum Gasteiger partial charge on any atom is 0.234 e. The van der Waals surface area contributed by atoms with Gasteiger partial charge in [-0.15, -0.1) is 0 Å². The van der Waals surface area contributed by atoms with Gasteiger partial charge in [-0.05, 0) is 30.8 Å². The highest BCUT2D eigenvalue weighted by atomic mass is 32.2. The number of aromatic nitrogens is 1. The van der Waals surface area contributed by atoms with Crippen LogP contribution in [0.15, 0.2) is 41.4 Å². The molecule has 2 aromatic rings. The average Bonchev–Trinajstić information content (AvgIpc) is 2.60. The normalized spacial score (nSPS) is 13.8. The van der Waals surface area contributed by atoms with Crippen molar-refractivity contribution in [3.8, 4) is 6.07 Å². The van der Waals surface area contributed by atoms with Crippen LogP contribution in [0, 0.1) is 11.3 Å². The van der Waals surface area contributed by atoms with Crippen LogP contribution in [0.5, 0.6) is 0 Å². The number of anilines is 1. The molecular weight excluding hydrogens is 320 g/mol. The van der Waals surface area contributed by atoms with Crippen molar-refractivity contribution in [2.75, 3.05) is 24.7 Å². The summed E-state index contributed by atoms with van der Waals surface area (Å²) in [4.78, 5) is 18.9. The van der Waals surface area contributed by atoms with Crippen LogP contribution in [0.3, 0.4) is 0 Å². The van der Waals surface area contributed by atoms with E-state index in [-0.39, 0.29) is 11.7 Å². The molecule has 2 heterocycles. The van der Waals surface area contributed by atoms with E-state index in [4.69, 9.17) is 0 Å². The third-order valence-electron chi connectivity index (χ3n) is 3.84. The van der Waals surface area contributed by atoms with Crippen LogP contribution >= 0.6 is 11.8 Å². The molecule has 0 spiro atoms. The lowest BCUT2D eigenvalue weighted by Gasteiger charge is -2.24. The van der Waals surface area contributed by atoms with E-state index in [1.54, 1.807) is 0 Å². The molecule has 1 aliphatic rings. The number of nitrogens with one attached hydrogen (secondary N) is 1. The Balaban J connectivity index is 1.69. The molecule has 0 bridgehead atoms. The zero-order chi connectivity index (χ0) is 16.9. The number of pyridine rings is 1. The number of hydrogen-bond acceptors (Lipinski definition) is 5. The fourth-order valence-electron chi connectivity index (χ4n) is 2.64. The number of benzene rings is 1. The highest BCUT2D eigenvalue weighted by molar-refractivity contribution is 8.00. The van der Waals surface area contributed by atoms with Crippen molar-refractivity contribution in [2.45, 2.75) is 18.0 Å².